The maximum absolute atomic E-state index is 12.7. The lowest BCUT2D eigenvalue weighted by molar-refractivity contribution is -0.280. The molecule has 5 heteroatoms. The predicted octanol–water partition coefficient (Wildman–Crippen LogP) is 12.8. The molecule has 0 saturated carbocycles. The van der Waals surface area contributed by atoms with Crippen LogP contribution in [0.4, 0.5) is 0 Å². The molecule has 0 amide bonds. The van der Waals surface area contributed by atoms with Gasteiger partial charge in [-0.3, -0.25) is 9.59 Å². The van der Waals surface area contributed by atoms with Crippen molar-refractivity contribution in [2.24, 2.45) is 0 Å². The summed E-state index contributed by atoms with van der Waals surface area (Å²) in [6.45, 7) is 6.42. The van der Waals surface area contributed by atoms with E-state index in [1.807, 2.05) is 6.92 Å². The Morgan fingerprint density at radius 2 is 0.739 bits per heavy atom. The number of allylic oxidation sites excluding steroid dienone is 4. The van der Waals surface area contributed by atoms with Crippen molar-refractivity contribution in [2.75, 3.05) is 14.1 Å². The highest BCUT2D eigenvalue weighted by atomic mass is 16.8. The van der Waals surface area contributed by atoms with Crippen LogP contribution < -0.4 is 0 Å². The molecule has 0 aliphatic rings. The molecule has 0 aliphatic carbocycles. The molecule has 0 spiro atoms. The summed E-state index contributed by atoms with van der Waals surface area (Å²) >= 11 is 0. The molecule has 0 atom stereocenters. The molecule has 0 aromatic heterocycles. The average Bonchev–Trinajstić information content (AvgIpc) is 3.04. The van der Waals surface area contributed by atoms with Gasteiger partial charge in [-0.1, -0.05) is 148 Å². The van der Waals surface area contributed by atoms with Crippen molar-refractivity contribution in [3.63, 3.8) is 0 Å². The second-order valence-electron chi connectivity index (χ2n) is 13.6. The maximum Gasteiger partial charge on any atom is 0.319 e. The molecule has 0 saturated heterocycles. The molecule has 270 valence electrons. The molecule has 5 nitrogen and oxygen atoms in total. The summed E-state index contributed by atoms with van der Waals surface area (Å²) in [6.07, 6.45) is 42.3. The first kappa shape index (κ1) is 44.4. The van der Waals surface area contributed by atoms with Crippen LogP contribution >= 0.6 is 0 Å². The van der Waals surface area contributed by atoms with E-state index in [9.17, 15) is 9.59 Å². The summed E-state index contributed by atoms with van der Waals surface area (Å²) in [4.78, 5) is 27.1. The van der Waals surface area contributed by atoms with Crippen molar-refractivity contribution >= 4 is 11.9 Å². The van der Waals surface area contributed by atoms with Crippen LogP contribution in [0.5, 0.6) is 0 Å². The number of ether oxygens (including phenoxy) is 2. The Balaban J connectivity index is 3.98. The minimum Gasteiger partial charge on any atom is -0.408 e. The van der Waals surface area contributed by atoms with Crippen molar-refractivity contribution in [3.8, 4) is 0 Å². The Labute approximate surface area is 286 Å². The third kappa shape index (κ3) is 27.5. The van der Waals surface area contributed by atoms with Crippen molar-refractivity contribution in [1.29, 1.82) is 0 Å². The average molecular weight is 648 g/mol. The lowest BCUT2D eigenvalue weighted by Gasteiger charge is -2.36. The third-order valence-electron chi connectivity index (χ3n) is 8.96. The van der Waals surface area contributed by atoms with Gasteiger partial charge in [0, 0.05) is 19.3 Å². The van der Waals surface area contributed by atoms with Crippen LogP contribution in [0.2, 0.25) is 0 Å². The number of hydrogen-bond acceptors (Lipinski definition) is 5. The van der Waals surface area contributed by atoms with Crippen molar-refractivity contribution < 1.29 is 19.1 Å². The van der Waals surface area contributed by atoms with Gasteiger partial charge in [-0.2, -0.15) is 0 Å². The summed E-state index contributed by atoms with van der Waals surface area (Å²) in [6, 6.07) is 0. The largest absolute Gasteiger partial charge is 0.408 e. The summed E-state index contributed by atoms with van der Waals surface area (Å²) in [7, 11) is 3.60. The van der Waals surface area contributed by atoms with Gasteiger partial charge in [-0.05, 0) is 78.3 Å². The zero-order valence-electron chi connectivity index (χ0n) is 31.4. The highest BCUT2D eigenvalue weighted by Gasteiger charge is 2.39. The van der Waals surface area contributed by atoms with Crippen LogP contribution in [0.15, 0.2) is 24.3 Å². The van der Waals surface area contributed by atoms with E-state index in [0.29, 0.717) is 19.3 Å². The van der Waals surface area contributed by atoms with Gasteiger partial charge in [0.2, 0.25) is 0 Å². The van der Waals surface area contributed by atoms with E-state index >= 15 is 0 Å². The summed E-state index contributed by atoms with van der Waals surface area (Å²) in [5.74, 6) is -1.90. The SMILES string of the molecule is CCCCCCCCC=CCCCCCCCC(=O)OC(CC)(OC(=O)CCCCCCCC=CCCCCCCCC)N(C)C. The Hall–Kier alpha value is -1.62. The molecule has 0 N–H and O–H groups in total. The van der Waals surface area contributed by atoms with Gasteiger partial charge in [0.25, 0.3) is 0 Å². The van der Waals surface area contributed by atoms with E-state index in [4.69, 9.17) is 9.47 Å². The Bertz CT molecular complexity index is 691. The van der Waals surface area contributed by atoms with Gasteiger partial charge in [-0.15, -0.1) is 0 Å². The number of rotatable bonds is 34. The number of esters is 2. The normalized spacial score (nSPS) is 13.2. The Kier molecular flexibility index (Phi) is 32.1. The van der Waals surface area contributed by atoms with Gasteiger partial charge in [0.1, 0.15) is 0 Å². The van der Waals surface area contributed by atoms with Crippen LogP contribution in [0.1, 0.15) is 207 Å². The van der Waals surface area contributed by atoms with E-state index < -0.39 is 5.91 Å². The van der Waals surface area contributed by atoms with Gasteiger partial charge in [0.15, 0.2) is 0 Å². The standard InChI is InChI=1S/C41H77NO4/c1-6-9-11-13-15-17-19-21-23-25-27-29-31-33-35-37-39(43)45-41(8-3,42(4)5)46-40(44)38-36-34-32-30-28-26-24-22-20-18-16-14-12-10-7-2/h21-24H,6-20,25-38H2,1-5H3. The third-order valence-corrected chi connectivity index (χ3v) is 8.96. The fraction of sp³-hybridized carbons (Fsp3) is 0.854. The van der Waals surface area contributed by atoms with Crippen LogP contribution in [-0.4, -0.2) is 36.8 Å². The first-order valence-electron chi connectivity index (χ1n) is 19.8. The number of nitrogens with zero attached hydrogens (tertiary/aromatic N) is 1. The zero-order chi connectivity index (χ0) is 34.0. The zero-order valence-corrected chi connectivity index (χ0v) is 31.4. The first-order valence-corrected chi connectivity index (χ1v) is 19.8. The molecule has 0 radical (unpaired) electrons. The van der Waals surface area contributed by atoms with Crippen LogP contribution in [0, 0.1) is 0 Å². The minimum absolute atomic E-state index is 0.290. The molecule has 0 heterocycles. The molecule has 0 unspecified atom stereocenters. The summed E-state index contributed by atoms with van der Waals surface area (Å²) in [5.41, 5.74) is 0. The van der Waals surface area contributed by atoms with E-state index in [-0.39, 0.29) is 11.9 Å². The van der Waals surface area contributed by atoms with Gasteiger partial charge >= 0.3 is 17.8 Å². The van der Waals surface area contributed by atoms with Crippen molar-refractivity contribution in [3.05, 3.63) is 24.3 Å². The van der Waals surface area contributed by atoms with Crippen molar-refractivity contribution in [1.82, 2.24) is 4.90 Å². The molecular weight excluding hydrogens is 570 g/mol. The maximum atomic E-state index is 12.7. The van der Waals surface area contributed by atoms with Crippen LogP contribution in [0.3, 0.4) is 0 Å². The summed E-state index contributed by atoms with van der Waals surface area (Å²) < 4.78 is 11.6. The minimum atomic E-state index is -1.32. The fourth-order valence-electron chi connectivity index (χ4n) is 5.80. The van der Waals surface area contributed by atoms with E-state index in [2.05, 4.69) is 38.2 Å². The van der Waals surface area contributed by atoms with E-state index in [1.54, 1.807) is 19.0 Å². The van der Waals surface area contributed by atoms with Crippen LogP contribution in [0.25, 0.3) is 0 Å². The van der Waals surface area contributed by atoms with Crippen LogP contribution in [-0.2, 0) is 19.1 Å². The number of carbonyl (C=O) groups is 2. The second-order valence-corrected chi connectivity index (χ2v) is 13.6. The first-order chi connectivity index (χ1) is 22.4. The van der Waals surface area contributed by atoms with Gasteiger partial charge in [-0.25, -0.2) is 4.90 Å². The lowest BCUT2D eigenvalue weighted by atomic mass is 10.1. The topological polar surface area (TPSA) is 55.8 Å². The smallest absolute Gasteiger partial charge is 0.319 e. The second kappa shape index (κ2) is 33.3. The molecule has 0 rings (SSSR count). The highest BCUT2D eigenvalue weighted by Crippen LogP contribution is 2.24. The monoisotopic (exact) mass is 648 g/mol. The molecule has 0 aromatic carbocycles. The molecular formula is C41H77NO4. The molecule has 46 heavy (non-hydrogen) atoms. The lowest BCUT2D eigenvalue weighted by Crippen LogP contribution is -2.51. The summed E-state index contributed by atoms with van der Waals surface area (Å²) in [5, 5.41) is 0. The van der Waals surface area contributed by atoms with Gasteiger partial charge in [0.05, 0.1) is 0 Å². The number of carbonyl (C=O) groups excluding carboxylic acids is 2. The fourth-order valence-corrected chi connectivity index (χ4v) is 5.80. The Morgan fingerprint density at radius 3 is 1.02 bits per heavy atom. The molecule has 0 fully saturated rings. The molecule has 0 bridgehead atoms. The molecule has 0 aromatic rings. The molecule has 0 aliphatic heterocycles. The van der Waals surface area contributed by atoms with Crippen molar-refractivity contribution in [2.45, 2.75) is 213 Å². The predicted molar refractivity (Wildman–Crippen MR) is 198 cm³/mol. The van der Waals surface area contributed by atoms with E-state index in [0.717, 1.165) is 51.4 Å². The Morgan fingerprint density at radius 1 is 0.457 bits per heavy atom. The van der Waals surface area contributed by atoms with Gasteiger partial charge < -0.3 is 9.47 Å². The number of hydrogen-bond donors (Lipinski definition) is 0. The quantitative estimate of drug-likeness (QED) is 0.0301. The van der Waals surface area contributed by atoms with E-state index in [1.165, 1.54) is 116 Å². The highest BCUT2D eigenvalue weighted by molar-refractivity contribution is 5.72. The number of unbranched alkanes of at least 4 members (excludes halogenated alkanes) is 22.